The van der Waals surface area contributed by atoms with Crippen LogP contribution in [0.15, 0.2) is 24.3 Å². The molecule has 6 rings (SSSR count). The molecule has 1 aromatic carbocycles. The normalized spacial score (nSPS) is 43.7. The maximum atomic E-state index is 13.1. The number of benzene rings is 1. The number of nitrogens with one attached hydrogen (secondary N) is 1. The van der Waals surface area contributed by atoms with Gasteiger partial charge in [-0.1, -0.05) is 13.8 Å². The third kappa shape index (κ3) is 3.59. The first-order valence-electron chi connectivity index (χ1n) is 11.6. The quantitative estimate of drug-likeness (QED) is 0.692. The van der Waals surface area contributed by atoms with Crippen molar-refractivity contribution in [1.82, 2.24) is 0 Å². The average Bonchev–Trinajstić information content (AvgIpc) is 2.97. The summed E-state index contributed by atoms with van der Waals surface area (Å²) >= 11 is 0. The number of halogens is 1. The molecule has 0 aromatic heterocycles. The number of amides is 1. The number of rotatable bonds is 4. The molecule has 0 radical (unpaired) electrons. The van der Waals surface area contributed by atoms with Crippen molar-refractivity contribution >= 4 is 11.6 Å². The molecule has 4 saturated heterocycles. The summed E-state index contributed by atoms with van der Waals surface area (Å²) < 4.78 is 26.0. The number of fused-ring (bicyclic) bond motifs is 2. The maximum absolute atomic E-state index is 13.1. The highest BCUT2D eigenvalue weighted by molar-refractivity contribution is 5.90. The SMILES string of the molecule is C[C@@H]1CC[C@H]2[C@@H](C)C(CCC(=O)Nc3ccc(F)cc3)O[C@@H]3O[C@]4(C)CC[C@@H]1[C@]32OO4. The van der Waals surface area contributed by atoms with Crippen LogP contribution in [0.25, 0.3) is 0 Å². The Bertz CT molecular complexity index is 834. The van der Waals surface area contributed by atoms with Crippen molar-refractivity contribution in [2.45, 2.75) is 83.1 Å². The van der Waals surface area contributed by atoms with Gasteiger partial charge in [0, 0.05) is 24.4 Å². The van der Waals surface area contributed by atoms with Crippen molar-refractivity contribution in [1.29, 1.82) is 0 Å². The number of ether oxygens (including phenoxy) is 2. The van der Waals surface area contributed by atoms with Crippen LogP contribution in [0.5, 0.6) is 0 Å². The summed E-state index contributed by atoms with van der Waals surface area (Å²) in [5.74, 6) is 0.135. The minimum absolute atomic E-state index is 0.0970. The predicted octanol–water partition coefficient (Wildman–Crippen LogP) is 4.79. The van der Waals surface area contributed by atoms with E-state index < -0.39 is 17.7 Å². The molecular weight excluding hydrogens is 401 g/mol. The molecule has 4 aliphatic heterocycles. The lowest BCUT2D eigenvalue weighted by atomic mass is 9.57. The molecule has 2 bridgehead atoms. The molecule has 8 atom stereocenters. The van der Waals surface area contributed by atoms with Gasteiger partial charge in [0.15, 0.2) is 11.9 Å². The molecule has 1 spiro atoms. The fourth-order valence-corrected chi connectivity index (χ4v) is 6.34. The standard InChI is InChI=1S/C24H32FNO5/c1-14-4-9-19-15(2)20(10-11-21(27)26-17-7-5-16(25)6-8-17)28-22-24(19)18(14)12-13-23(3,29-22)30-31-24/h5-8,14-15,18-20,22H,4,9-13H2,1-3H3,(H,26,27)/t14-,15-,18+,19+,20?,22-,23+,24-/m1/s1. The Labute approximate surface area is 182 Å². The second-order valence-corrected chi connectivity index (χ2v) is 10.0. The van der Waals surface area contributed by atoms with Crippen molar-refractivity contribution < 1.29 is 28.4 Å². The molecule has 170 valence electrons. The Balaban J connectivity index is 1.30. The highest BCUT2D eigenvalue weighted by Gasteiger charge is 2.69. The van der Waals surface area contributed by atoms with Crippen molar-refractivity contribution in [2.75, 3.05) is 5.32 Å². The molecule has 1 amide bonds. The first kappa shape index (κ1) is 21.3. The topological polar surface area (TPSA) is 66.0 Å². The summed E-state index contributed by atoms with van der Waals surface area (Å²) in [7, 11) is 0. The summed E-state index contributed by atoms with van der Waals surface area (Å²) in [4.78, 5) is 24.5. The van der Waals surface area contributed by atoms with Gasteiger partial charge in [0.05, 0.1) is 6.10 Å². The summed E-state index contributed by atoms with van der Waals surface area (Å²) in [5.41, 5.74) is 0.0231. The van der Waals surface area contributed by atoms with Crippen LogP contribution in [0.2, 0.25) is 0 Å². The van der Waals surface area contributed by atoms with E-state index in [9.17, 15) is 9.18 Å². The van der Waals surface area contributed by atoms with E-state index in [0.29, 0.717) is 30.4 Å². The Morgan fingerprint density at radius 2 is 1.90 bits per heavy atom. The summed E-state index contributed by atoms with van der Waals surface area (Å²) in [5, 5.41) is 2.83. The van der Waals surface area contributed by atoms with Crippen molar-refractivity contribution in [3.63, 3.8) is 0 Å². The number of hydrogen-bond donors (Lipinski definition) is 1. The molecule has 6 nitrogen and oxygen atoms in total. The average molecular weight is 434 g/mol. The van der Waals surface area contributed by atoms with Gasteiger partial charge in [-0.05, 0) is 74.6 Å². The fraction of sp³-hybridized carbons (Fsp3) is 0.708. The van der Waals surface area contributed by atoms with E-state index in [1.54, 1.807) is 12.1 Å². The lowest BCUT2D eigenvalue weighted by Gasteiger charge is -2.60. The molecule has 1 aromatic rings. The maximum Gasteiger partial charge on any atom is 0.224 e. The molecule has 5 aliphatic rings. The summed E-state index contributed by atoms with van der Waals surface area (Å²) in [6.45, 7) is 6.42. The van der Waals surface area contributed by atoms with Gasteiger partial charge < -0.3 is 14.8 Å². The predicted molar refractivity (Wildman–Crippen MR) is 111 cm³/mol. The van der Waals surface area contributed by atoms with Crippen LogP contribution >= 0.6 is 0 Å². The smallest absolute Gasteiger partial charge is 0.224 e. The van der Waals surface area contributed by atoms with Crippen molar-refractivity contribution in [2.24, 2.45) is 23.7 Å². The zero-order valence-electron chi connectivity index (χ0n) is 18.4. The van der Waals surface area contributed by atoms with Crippen LogP contribution in [0.4, 0.5) is 10.1 Å². The third-order valence-electron chi connectivity index (χ3n) is 8.08. The lowest BCUT2D eigenvalue weighted by Crippen LogP contribution is -2.70. The van der Waals surface area contributed by atoms with Gasteiger partial charge >= 0.3 is 0 Å². The van der Waals surface area contributed by atoms with E-state index in [0.717, 1.165) is 25.7 Å². The van der Waals surface area contributed by atoms with E-state index in [1.165, 1.54) is 12.1 Å². The lowest BCUT2D eigenvalue weighted by molar-refractivity contribution is -0.571. The van der Waals surface area contributed by atoms with Crippen LogP contribution in [0, 0.1) is 29.5 Å². The second kappa shape index (κ2) is 7.80. The zero-order valence-corrected chi connectivity index (χ0v) is 18.4. The minimum Gasteiger partial charge on any atom is -0.346 e. The highest BCUT2D eigenvalue weighted by Crippen LogP contribution is 2.60. The van der Waals surface area contributed by atoms with Crippen LogP contribution in [0.1, 0.15) is 59.3 Å². The molecule has 31 heavy (non-hydrogen) atoms. The Morgan fingerprint density at radius 1 is 1.13 bits per heavy atom. The molecule has 1 N–H and O–H groups in total. The van der Waals surface area contributed by atoms with Gasteiger partial charge in [-0.3, -0.25) is 4.79 Å². The molecule has 7 heteroatoms. The highest BCUT2D eigenvalue weighted by atomic mass is 19.1. The first-order chi connectivity index (χ1) is 14.8. The molecule has 1 unspecified atom stereocenters. The first-order valence-corrected chi connectivity index (χ1v) is 11.6. The number of carbonyl (C=O) groups is 1. The molecule has 1 aliphatic carbocycles. The zero-order chi connectivity index (χ0) is 21.8. The fourth-order valence-electron chi connectivity index (χ4n) is 6.34. The molecule has 5 fully saturated rings. The monoisotopic (exact) mass is 433 g/mol. The van der Waals surface area contributed by atoms with Crippen molar-refractivity contribution in [3.05, 3.63) is 30.1 Å². The van der Waals surface area contributed by atoms with Gasteiger partial charge in [0.2, 0.25) is 11.7 Å². The molecule has 1 saturated carbocycles. The summed E-state index contributed by atoms with van der Waals surface area (Å²) in [6, 6.07) is 5.80. The van der Waals surface area contributed by atoms with Gasteiger partial charge in [-0.25, -0.2) is 14.2 Å². The Morgan fingerprint density at radius 3 is 2.68 bits per heavy atom. The molecule has 4 heterocycles. The Hall–Kier alpha value is -1.54. The van der Waals surface area contributed by atoms with Gasteiger partial charge in [0.25, 0.3) is 0 Å². The minimum atomic E-state index is -0.789. The number of carbonyl (C=O) groups excluding carboxylic acids is 1. The second-order valence-electron chi connectivity index (χ2n) is 10.0. The van der Waals surface area contributed by atoms with E-state index >= 15 is 0 Å². The van der Waals surface area contributed by atoms with E-state index in [-0.39, 0.29) is 29.7 Å². The third-order valence-corrected chi connectivity index (χ3v) is 8.08. The largest absolute Gasteiger partial charge is 0.346 e. The van der Waals surface area contributed by atoms with Gasteiger partial charge in [-0.2, -0.15) is 0 Å². The van der Waals surface area contributed by atoms with Crippen LogP contribution in [0.3, 0.4) is 0 Å². The Kier molecular flexibility index (Phi) is 5.36. The van der Waals surface area contributed by atoms with E-state index in [4.69, 9.17) is 19.2 Å². The van der Waals surface area contributed by atoms with Crippen LogP contribution in [-0.2, 0) is 24.0 Å². The number of anilines is 1. The summed E-state index contributed by atoms with van der Waals surface area (Å²) in [6.07, 6.45) is 4.34. The van der Waals surface area contributed by atoms with Gasteiger partial charge in [0.1, 0.15) is 5.82 Å². The van der Waals surface area contributed by atoms with Crippen molar-refractivity contribution in [3.8, 4) is 0 Å². The number of hydrogen-bond acceptors (Lipinski definition) is 5. The molecular formula is C24H32FNO5. The van der Waals surface area contributed by atoms with Crippen LogP contribution < -0.4 is 5.32 Å². The van der Waals surface area contributed by atoms with Gasteiger partial charge in [-0.15, -0.1) is 0 Å². The van der Waals surface area contributed by atoms with E-state index in [1.807, 2.05) is 6.92 Å². The van der Waals surface area contributed by atoms with E-state index in [2.05, 4.69) is 19.2 Å². The van der Waals surface area contributed by atoms with Crippen LogP contribution in [-0.4, -0.2) is 29.7 Å².